The molecule has 0 fully saturated rings. The number of rotatable bonds is 6. The Morgan fingerprint density at radius 2 is 1.92 bits per heavy atom. The van der Waals surface area contributed by atoms with Crippen molar-refractivity contribution >= 4 is 5.91 Å². The quantitative estimate of drug-likeness (QED) is 0.731. The van der Waals surface area contributed by atoms with Crippen LogP contribution in [-0.4, -0.2) is 23.2 Å². The van der Waals surface area contributed by atoms with Crippen LogP contribution < -0.4 is 10.1 Å². The molecule has 1 heterocycles. The molecule has 0 saturated carbocycles. The molecular weight excluding hydrogens is 330 g/mol. The van der Waals surface area contributed by atoms with Gasteiger partial charge >= 0.3 is 0 Å². The van der Waals surface area contributed by atoms with E-state index in [1.807, 2.05) is 48.5 Å². The highest BCUT2D eigenvalue weighted by molar-refractivity contribution is 5.94. The molecule has 0 radical (unpaired) electrons. The lowest BCUT2D eigenvalue weighted by Gasteiger charge is -2.07. The van der Waals surface area contributed by atoms with Gasteiger partial charge in [-0.15, -0.1) is 10.2 Å². The fraction of sp³-hybridized carbons (Fsp3) is 0.250. The Morgan fingerprint density at radius 1 is 1.15 bits per heavy atom. The summed E-state index contributed by atoms with van der Waals surface area (Å²) in [6, 6.07) is 14.9. The van der Waals surface area contributed by atoms with Gasteiger partial charge in [0, 0.05) is 11.1 Å². The maximum absolute atomic E-state index is 12.2. The number of hydrogen-bond acceptors (Lipinski definition) is 5. The Labute approximate surface area is 152 Å². The lowest BCUT2D eigenvalue weighted by atomic mass is 10.0. The molecule has 0 atom stereocenters. The molecule has 0 aliphatic rings. The molecule has 26 heavy (non-hydrogen) atoms. The van der Waals surface area contributed by atoms with E-state index in [2.05, 4.69) is 29.4 Å². The summed E-state index contributed by atoms with van der Waals surface area (Å²) in [4.78, 5) is 12.2. The van der Waals surface area contributed by atoms with Gasteiger partial charge in [-0.3, -0.25) is 4.79 Å². The van der Waals surface area contributed by atoms with Crippen LogP contribution in [0.5, 0.6) is 5.75 Å². The third-order valence-corrected chi connectivity index (χ3v) is 4.02. The second kappa shape index (κ2) is 7.82. The van der Waals surface area contributed by atoms with Crippen molar-refractivity contribution in [2.24, 2.45) is 0 Å². The fourth-order valence-corrected chi connectivity index (χ4v) is 2.48. The molecule has 1 aromatic heterocycles. The SMILES string of the molecule is COc1cccc(-c2nnc(CNC(=O)c3ccc(C(C)C)cc3)o2)c1. The number of aromatic nitrogens is 2. The van der Waals surface area contributed by atoms with Gasteiger partial charge in [0.1, 0.15) is 5.75 Å². The van der Waals surface area contributed by atoms with E-state index in [0.29, 0.717) is 29.0 Å². The molecule has 0 unspecified atom stereocenters. The number of amides is 1. The molecule has 0 bridgehead atoms. The molecule has 1 N–H and O–H groups in total. The molecule has 134 valence electrons. The van der Waals surface area contributed by atoms with Gasteiger partial charge in [-0.2, -0.15) is 0 Å². The molecule has 1 amide bonds. The Kier molecular flexibility index (Phi) is 5.31. The van der Waals surface area contributed by atoms with Crippen LogP contribution in [0.3, 0.4) is 0 Å². The third kappa shape index (κ3) is 4.08. The van der Waals surface area contributed by atoms with Crippen molar-refractivity contribution in [3.63, 3.8) is 0 Å². The van der Waals surface area contributed by atoms with Crippen LogP contribution >= 0.6 is 0 Å². The number of nitrogens with one attached hydrogen (secondary N) is 1. The van der Waals surface area contributed by atoms with Gasteiger partial charge in [-0.05, 0) is 41.8 Å². The summed E-state index contributed by atoms with van der Waals surface area (Å²) in [5.74, 6) is 1.69. The topological polar surface area (TPSA) is 77.3 Å². The van der Waals surface area contributed by atoms with Crippen LogP contribution in [-0.2, 0) is 6.54 Å². The van der Waals surface area contributed by atoms with Crippen molar-refractivity contribution < 1.29 is 13.9 Å². The van der Waals surface area contributed by atoms with Gasteiger partial charge in [0.2, 0.25) is 11.8 Å². The van der Waals surface area contributed by atoms with Crippen LogP contribution in [0, 0.1) is 0 Å². The first-order valence-electron chi connectivity index (χ1n) is 8.42. The molecule has 6 heteroatoms. The van der Waals surface area contributed by atoms with Gasteiger partial charge in [0.05, 0.1) is 13.7 Å². The lowest BCUT2D eigenvalue weighted by Crippen LogP contribution is -2.22. The summed E-state index contributed by atoms with van der Waals surface area (Å²) in [6.45, 7) is 4.40. The van der Waals surface area contributed by atoms with Gasteiger partial charge in [0.25, 0.3) is 5.91 Å². The minimum atomic E-state index is -0.179. The number of ether oxygens (including phenoxy) is 1. The van der Waals surface area contributed by atoms with Gasteiger partial charge in [-0.1, -0.05) is 32.0 Å². The van der Waals surface area contributed by atoms with Crippen LogP contribution in [0.1, 0.15) is 41.6 Å². The first kappa shape index (κ1) is 17.7. The number of hydrogen-bond donors (Lipinski definition) is 1. The Morgan fingerprint density at radius 3 is 2.62 bits per heavy atom. The highest BCUT2D eigenvalue weighted by atomic mass is 16.5. The minimum absolute atomic E-state index is 0.168. The predicted octanol–water partition coefficient (Wildman–Crippen LogP) is 3.80. The molecule has 3 rings (SSSR count). The predicted molar refractivity (Wildman–Crippen MR) is 98.0 cm³/mol. The number of benzene rings is 2. The largest absolute Gasteiger partial charge is 0.497 e. The molecule has 6 nitrogen and oxygen atoms in total. The molecule has 2 aromatic carbocycles. The Balaban J connectivity index is 1.63. The summed E-state index contributed by atoms with van der Waals surface area (Å²) < 4.78 is 10.8. The third-order valence-electron chi connectivity index (χ3n) is 4.02. The summed E-state index contributed by atoms with van der Waals surface area (Å²) in [7, 11) is 1.60. The van der Waals surface area contributed by atoms with E-state index in [1.165, 1.54) is 5.56 Å². The second-order valence-electron chi connectivity index (χ2n) is 6.19. The molecular formula is C20H21N3O3. The highest BCUT2D eigenvalue weighted by Crippen LogP contribution is 2.22. The van der Waals surface area contributed by atoms with Crippen LogP contribution in [0.25, 0.3) is 11.5 Å². The van der Waals surface area contributed by atoms with E-state index in [-0.39, 0.29) is 12.5 Å². The maximum Gasteiger partial charge on any atom is 0.251 e. The summed E-state index contributed by atoms with van der Waals surface area (Å²) in [6.07, 6.45) is 0. The van der Waals surface area contributed by atoms with Crippen molar-refractivity contribution in [1.29, 1.82) is 0 Å². The highest BCUT2D eigenvalue weighted by Gasteiger charge is 2.12. The zero-order chi connectivity index (χ0) is 18.5. The van der Waals surface area contributed by atoms with Crippen molar-refractivity contribution in [2.75, 3.05) is 7.11 Å². The molecule has 0 aliphatic carbocycles. The first-order chi connectivity index (χ1) is 12.6. The van der Waals surface area contributed by atoms with Crippen molar-refractivity contribution in [3.8, 4) is 17.2 Å². The zero-order valence-electron chi connectivity index (χ0n) is 15.0. The van der Waals surface area contributed by atoms with E-state index in [9.17, 15) is 4.79 Å². The van der Waals surface area contributed by atoms with Crippen LogP contribution in [0.15, 0.2) is 52.9 Å². The lowest BCUT2D eigenvalue weighted by molar-refractivity contribution is 0.0947. The monoisotopic (exact) mass is 351 g/mol. The maximum atomic E-state index is 12.2. The smallest absolute Gasteiger partial charge is 0.251 e. The number of methoxy groups -OCH3 is 1. The van der Waals surface area contributed by atoms with E-state index < -0.39 is 0 Å². The van der Waals surface area contributed by atoms with Crippen molar-refractivity contribution in [1.82, 2.24) is 15.5 Å². The molecule has 0 spiro atoms. The summed E-state index contributed by atoms with van der Waals surface area (Å²) in [5, 5.41) is 10.8. The van der Waals surface area contributed by atoms with Gasteiger partial charge in [-0.25, -0.2) is 0 Å². The number of carbonyl (C=O) groups is 1. The van der Waals surface area contributed by atoms with Crippen molar-refractivity contribution in [2.45, 2.75) is 26.3 Å². The summed E-state index contributed by atoms with van der Waals surface area (Å²) >= 11 is 0. The van der Waals surface area contributed by atoms with E-state index in [4.69, 9.17) is 9.15 Å². The molecule has 0 aliphatic heterocycles. The molecule has 3 aromatic rings. The Bertz CT molecular complexity index is 885. The van der Waals surface area contributed by atoms with E-state index in [0.717, 1.165) is 5.56 Å². The van der Waals surface area contributed by atoms with Gasteiger partial charge in [0.15, 0.2) is 0 Å². The standard InChI is InChI=1S/C20H21N3O3/c1-13(2)14-7-9-15(10-8-14)19(24)21-12-18-22-23-20(26-18)16-5-4-6-17(11-16)25-3/h4-11,13H,12H2,1-3H3,(H,21,24). The zero-order valence-corrected chi connectivity index (χ0v) is 15.0. The second-order valence-corrected chi connectivity index (χ2v) is 6.19. The first-order valence-corrected chi connectivity index (χ1v) is 8.42. The summed E-state index contributed by atoms with van der Waals surface area (Å²) in [5.41, 5.74) is 2.56. The Hall–Kier alpha value is -3.15. The van der Waals surface area contributed by atoms with Crippen LogP contribution in [0.4, 0.5) is 0 Å². The number of carbonyl (C=O) groups excluding carboxylic acids is 1. The van der Waals surface area contributed by atoms with Crippen molar-refractivity contribution in [3.05, 3.63) is 65.5 Å². The van der Waals surface area contributed by atoms with E-state index >= 15 is 0 Å². The average molecular weight is 351 g/mol. The van der Waals surface area contributed by atoms with Gasteiger partial charge < -0.3 is 14.5 Å². The minimum Gasteiger partial charge on any atom is -0.497 e. The van der Waals surface area contributed by atoms with Crippen LogP contribution in [0.2, 0.25) is 0 Å². The average Bonchev–Trinajstić information content (AvgIpc) is 3.15. The normalized spacial score (nSPS) is 10.8. The number of nitrogens with zero attached hydrogens (tertiary/aromatic N) is 2. The molecule has 0 saturated heterocycles. The fourth-order valence-electron chi connectivity index (χ4n) is 2.48. The van der Waals surface area contributed by atoms with E-state index in [1.54, 1.807) is 7.11 Å².